The molecule has 2 aliphatic rings. The van der Waals surface area contributed by atoms with Crippen molar-refractivity contribution in [1.82, 2.24) is 10.3 Å². The number of carbonyl (C=O) groups excluding carboxylic acids is 2. The Morgan fingerprint density at radius 1 is 1.21 bits per heavy atom. The predicted octanol–water partition coefficient (Wildman–Crippen LogP) is 0.746. The molecule has 0 saturated carbocycles. The van der Waals surface area contributed by atoms with E-state index in [-0.39, 0.29) is 55.0 Å². The number of ether oxygens (including phenoxy) is 2. The molecule has 0 aliphatic carbocycles. The van der Waals surface area contributed by atoms with Crippen molar-refractivity contribution < 1.29 is 27.5 Å². The van der Waals surface area contributed by atoms with Crippen LogP contribution in [0.15, 0.2) is 29.4 Å². The number of hydrogen-bond acceptors (Lipinski definition) is 7. The van der Waals surface area contributed by atoms with Crippen LogP contribution in [0, 0.1) is 0 Å². The molecule has 1 unspecified atom stereocenters. The highest BCUT2D eigenvalue weighted by Crippen LogP contribution is 2.22. The normalized spacial score (nSPS) is 20.9. The lowest BCUT2D eigenvalue weighted by Crippen LogP contribution is -2.44. The fourth-order valence-corrected chi connectivity index (χ4v) is 4.91. The number of nitrogens with zero attached hydrogens (tertiary/aromatic N) is 2. The molecule has 1 aromatic rings. The molecular formula is C19H25N3O6S. The third-order valence-electron chi connectivity index (χ3n) is 4.67. The zero-order valence-electron chi connectivity index (χ0n) is 16.3. The predicted molar refractivity (Wildman–Crippen MR) is 107 cm³/mol. The van der Waals surface area contributed by atoms with E-state index in [9.17, 15) is 18.0 Å². The average Bonchev–Trinajstić information content (AvgIpc) is 3.06. The van der Waals surface area contributed by atoms with Crippen molar-refractivity contribution in [2.75, 3.05) is 31.3 Å². The molecule has 158 valence electrons. The van der Waals surface area contributed by atoms with Crippen molar-refractivity contribution in [3.8, 4) is 11.5 Å². The summed E-state index contributed by atoms with van der Waals surface area (Å²) < 4.78 is 34.3. The Morgan fingerprint density at radius 2 is 1.90 bits per heavy atom. The third kappa shape index (κ3) is 5.69. The summed E-state index contributed by atoms with van der Waals surface area (Å²) >= 11 is 0. The number of rotatable bonds is 8. The van der Waals surface area contributed by atoms with Crippen molar-refractivity contribution >= 4 is 27.4 Å². The van der Waals surface area contributed by atoms with Crippen LogP contribution >= 0.6 is 0 Å². The van der Waals surface area contributed by atoms with Crippen molar-refractivity contribution in [3.63, 3.8) is 0 Å². The maximum absolute atomic E-state index is 12.4. The first-order chi connectivity index (χ1) is 13.9. The van der Waals surface area contributed by atoms with Gasteiger partial charge in [-0.15, -0.1) is 0 Å². The van der Waals surface area contributed by atoms with Crippen LogP contribution in [-0.2, 0) is 19.4 Å². The van der Waals surface area contributed by atoms with Crippen LogP contribution in [0.4, 0.5) is 0 Å². The first kappa shape index (κ1) is 21.1. The monoisotopic (exact) mass is 423 g/mol. The lowest BCUT2D eigenvalue weighted by atomic mass is 10.1. The molecule has 1 aromatic carbocycles. The van der Waals surface area contributed by atoms with Gasteiger partial charge in [0.1, 0.15) is 23.8 Å². The first-order valence-corrected chi connectivity index (χ1v) is 11.4. The van der Waals surface area contributed by atoms with Crippen LogP contribution in [0.3, 0.4) is 0 Å². The largest absolute Gasteiger partial charge is 0.494 e. The molecule has 1 N–H and O–H groups in total. The van der Waals surface area contributed by atoms with Crippen molar-refractivity contribution in [2.45, 2.75) is 32.2 Å². The van der Waals surface area contributed by atoms with Gasteiger partial charge in [0.15, 0.2) is 9.84 Å². The lowest BCUT2D eigenvalue weighted by Gasteiger charge is -2.27. The van der Waals surface area contributed by atoms with Gasteiger partial charge < -0.3 is 14.8 Å². The number of nitrogens with one attached hydrogen (secondary N) is 1. The number of hydrazone groups is 1. The standard InChI is InChI=1S/C19H25N3O6S/c1-2-27-15-3-5-16(6-4-15)28-11-10-20-19(24)17-7-8-18(23)22(21-17)14-9-12-29(25,26)13-14/h3-6,14H,2,7-13H2,1H3,(H,20,24). The van der Waals surface area contributed by atoms with Gasteiger partial charge >= 0.3 is 0 Å². The van der Waals surface area contributed by atoms with Crippen LogP contribution in [-0.4, -0.2) is 68.3 Å². The second-order valence-corrected chi connectivity index (χ2v) is 9.08. The van der Waals surface area contributed by atoms with Gasteiger partial charge in [-0.05, 0) is 37.6 Å². The molecule has 2 heterocycles. The van der Waals surface area contributed by atoms with E-state index in [0.29, 0.717) is 18.8 Å². The van der Waals surface area contributed by atoms with Crippen LogP contribution < -0.4 is 14.8 Å². The minimum atomic E-state index is -3.14. The Labute approximate surface area is 170 Å². The summed E-state index contributed by atoms with van der Waals surface area (Å²) in [6.07, 6.45) is 0.730. The fourth-order valence-electron chi connectivity index (χ4n) is 3.22. The number of hydrogen-bond donors (Lipinski definition) is 1. The number of benzene rings is 1. The van der Waals surface area contributed by atoms with Crippen LogP contribution in [0.1, 0.15) is 26.2 Å². The van der Waals surface area contributed by atoms with Gasteiger partial charge in [0.05, 0.1) is 30.7 Å². The molecule has 1 fully saturated rings. The molecule has 2 amide bonds. The molecule has 10 heteroatoms. The lowest BCUT2D eigenvalue weighted by molar-refractivity contribution is -0.133. The van der Waals surface area contributed by atoms with Gasteiger partial charge in [0.25, 0.3) is 5.91 Å². The van der Waals surface area contributed by atoms with E-state index in [1.807, 2.05) is 19.1 Å². The Kier molecular flexibility index (Phi) is 6.73. The summed E-state index contributed by atoms with van der Waals surface area (Å²) in [4.78, 5) is 24.5. The molecule has 2 aliphatic heterocycles. The summed E-state index contributed by atoms with van der Waals surface area (Å²) in [7, 11) is -3.14. The van der Waals surface area contributed by atoms with E-state index < -0.39 is 15.9 Å². The molecule has 0 spiro atoms. The topological polar surface area (TPSA) is 114 Å². The van der Waals surface area contributed by atoms with Crippen molar-refractivity contribution in [3.05, 3.63) is 24.3 Å². The number of sulfone groups is 1. The Balaban J connectivity index is 1.48. The van der Waals surface area contributed by atoms with E-state index in [2.05, 4.69) is 10.4 Å². The Hall–Kier alpha value is -2.62. The van der Waals surface area contributed by atoms with E-state index in [1.165, 1.54) is 5.01 Å². The first-order valence-electron chi connectivity index (χ1n) is 9.62. The second kappa shape index (κ2) is 9.25. The average molecular weight is 423 g/mol. The zero-order valence-corrected chi connectivity index (χ0v) is 17.1. The fraction of sp³-hybridized carbons (Fsp3) is 0.526. The van der Waals surface area contributed by atoms with Gasteiger partial charge in [-0.1, -0.05) is 0 Å². The molecule has 0 radical (unpaired) electrons. The molecule has 9 nitrogen and oxygen atoms in total. The zero-order chi connectivity index (χ0) is 20.9. The van der Waals surface area contributed by atoms with E-state index in [1.54, 1.807) is 12.1 Å². The van der Waals surface area contributed by atoms with Crippen LogP contribution in [0.5, 0.6) is 11.5 Å². The highest BCUT2D eigenvalue weighted by Gasteiger charge is 2.37. The highest BCUT2D eigenvalue weighted by molar-refractivity contribution is 7.91. The van der Waals surface area contributed by atoms with Gasteiger partial charge in [-0.2, -0.15) is 5.10 Å². The minimum Gasteiger partial charge on any atom is -0.494 e. The maximum atomic E-state index is 12.4. The summed E-state index contributed by atoms with van der Waals surface area (Å²) in [6, 6.07) is 6.71. The second-order valence-electron chi connectivity index (χ2n) is 6.85. The highest BCUT2D eigenvalue weighted by atomic mass is 32.2. The van der Waals surface area contributed by atoms with Crippen molar-refractivity contribution in [2.24, 2.45) is 5.10 Å². The van der Waals surface area contributed by atoms with Crippen molar-refractivity contribution in [1.29, 1.82) is 0 Å². The van der Waals surface area contributed by atoms with Gasteiger partial charge in [0, 0.05) is 12.8 Å². The Bertz CT molecular complexity index is 882. The molecule has 1 atom stereocenters. The van der Waals surface area contributed by atoms with Gasteiger partial charge in [-0.25, -0.2) is 13.4 Å². The SMILES string of the molecule is CCOc1ccc(OCCNC(=O)C2=NN(C3CCS(=O)(=O)C3)C(=O)CC2)cc1. The summed E-state index contributed by atoms with van der Waals surface area (Å²) in [5, 5.41) is 8.04. The molecule has 1 saturated heterocycles. The molecule has 3 rings (SSSR count). The quantitative estimate of drug-likeness (QED) is 0.617. The molecule has 29 heavy (non-hydrogen) atoms. The van der Waals surface area contributed by atoms with Gasteiger partial charge in [-0.3, -0.25) is 9.59 Å². The summed E-state index contributed by atoms with van der Waals surface area (Å²) in [5.74, 6) is 0.740. The maximum Gasteiger partial charge on any atom is 0.267 e. The Morgan fingerprint density at radius 3 is 2.52 bits per heavy atom. The number of carbonyl (C=O) groups is 2. The minimum absolute atomic E-state index is 0.0430. The smallest absolute Gasteiger partial charge is 0.267 e. The van der Waals surface area contributed by atoms with E-state index in [0.717, 1.165) is 5.75 Å². The summed E-state index contributed by atoms with van der Waals surface area (Å²) in [6.45, 7) is 3.05. The number of amides is 2. The molecular weight excluding hydrogens is 398 g/mol. The molecule has 0 aromatic heterocycles. The third-order valence-corrected chi connectivity index (χ3v) is 6.42. The summed E-state index contributed by atoms with van der Waals surface area (Å²) in [5.41, 5.74) is 0.231. The van der Waals surface area contributed by atoms with Gasteiger partial charge in [0.2, 0.25) is 5.91 Å². The molecule has 0 bridgehead atoms. The van der Waals surface area contributed by atoms with Crippen LogP contribution in [0.2, 0.25) is 0 Å². The van der Waals surface area contributed by atoms with E-state index >= 15 is 0 Å². The van der Waals surface area contributed by atoms with E-state index in [4.69, 9.17) is 9.47 Å². The van der Waals surface area contributed by atoms with Crippen LogP contribution in [0.25, 0.3) is 0 Å².